The summed E-state index contributed by atoms with van der Waals surface area (Å²) in [6.07, 6.45) is -0.366. The van der Waals surface area contributed by atoms with Gasteiger partial charge in [-0.2, -0.15) is 5.26 Å². The van der Waals surface area contributed by atoms with Crippen LogP contribution in [0.5, 0.6) is 5.75 Å². The topological polar surface area (TPSA) is 85.5 Å². The summed E-state index contributed by atoms with van der Waals surface area (Å²) in [6.45, 7) is 4.24. The molecule has 0 bridgehead atoms. The number of rotatable bonds is 8. The van der Waals surface area contributed by atoms with Crippen LogP contribution in [0.15, 0.2) is 24.3 Å². The SMILES string of the molecule is CC(O)CC(C)NCC(O)COc1cccc(C#N)c1. The number of hydrogen-bond donors (Lipinski definition) is 3. The molecule has 0 saturated heterocycles. The van der Waals surface area contributed by atoms with Crippen LogP contribution in [0.25, 0.3) is 0 Å². The van der Waals surface area contributed by atoms with Crippen LogP contribution in [0.2, 0.25) is 0 Å². The molecular weight excluding hydrogens is 256 g/mol. The average molecular weight is 278 g/mol. The summed E-state index contributed by atoms with van der Waals surface area (Å²) >= 11 is 0. The van der Waals surface area contributed by atoms with Crippen molar-refractivity contribution in [2.24, 2.45) is 0 Å². The Hall–Kier alpha value is -1.61. The molecule has 1 aromatic rings. The third-order valence-corrected chi connectivity index (χ3v) is 2.80. The van der Waals surface area contributed by atoms with Crippen molar-refractivity contribution in [3.63, 3.8) is 0 Å². The molecule has 0 saturated carbocycles. The van der Waals surface area contributed by atoms with Crippen LogP contribution in [0.4, 0.5) is 0 Å². The third-order valence-electron chi connectivity index (χ3n) is 2.80. The van der Waals surface area contributed by atoms with Crippen molar-refractivity contribution in [2.75, 3.05) is 13.2 Å². The fourth-order valence-electron chi connectivity index (χ4n) is 1.84. The summed E-state index contributed by atoms with van der Waals surface area (Å²) in [6, 6.07) is 8.98. The zero-order chi connectivity index (χ0) is 15.0. The van der Waals surface area contributed by atoms with Crippen molar-refractivity contribution in [1.82, 2.24) is 5.32 Å². The van der Waals surface area contributed by atoms with Crippen LogP contribution < -0.4 is 10.1 Å². The maximum Gasteiger partial charge on any atom is 0.120 e. The summed E-state index contributed by atoms with van der Waals surface area (Å²) in [5.41, 5.74) is 0.528. The Morgan fingerprint density at radius 2 is 2.10 bits per heavy atom. The molecule has 0 spiro atoms. The minimum absolute atomic E-state index is 0.131. The lowest BCUT2D eigenvalue weighted by Crippen LogP contribution is -2.37. The number of hydrogen-bond acceptors (Lipinski definition) is 5. The second kappa shape index (κ2) is 8.54. The van der Waals surface area contributed by atoms with Crippen LogP contribution in [0, 0.1) is 11.3 Å². The van der Waals surface area contributed by atoms with E-state index in [-0.39, 0.29) is 18.8 Å². The minimum Gasteiger partial charge on any atom is -0.491 e. The van der Waals surface area contributed by atoms with Gasteiger partial charge in [-0.25, -0.2) is 0 Å². The molecule has 5 nitrogen and oxygen atoms in total. The lowest BCUT2D eigenvalue weighted by molar-refractivity contribution is 0.100. The summed E-state index contributed by atoms with van der Waals surface area (Å²) < 4.78 is 5.43. The Morgan fingerprint density at radius 3 is 2.75 bits per heavy atom. The summed E-state index contributed by atoms with van der Waals surface area (Å²) in [4.78, 5) is 0. The van der Waals surface area contributed by atoms with Crippen molar-refractivity contribution in [2.45, 2.75) is 38.5 Å². The zero-order valence-electron chi connectivity index (χ0n) is 11.9. The molecule has 0 aliphatic heterocycles. The number of ether oxygens (including phenoxy) is 1. The molecule has 0 aromatic heterocycles. The van der Waals surface area contributed by atoms with Crippen LogP contribution in [0.3, 0.4) is 0 Å². The Morgan fingerprint density at radius 1 is 1.35 bits per heavy atom. The van der Waals surface area contributed by atoms with Crippen LogP contribution >= 0.6 is 0 Å². The van der Waals surface area contributed by atoms with E-state index in [2.05, 4.69) is 5.32 Å². The first-order valence-corrected chi connectivity index (χ1v) is 6.73. The lowest BCUT2D eigenvalue weighted by atomic mass is 10.1. The number of benzene rings is 1. The summed E-state index contributed by atoms with van der Waals surface area (Å²) in [5, 5.41) is 30.9. The van der Waals surface area contributed by atoms with Gasteiger partial charge in [-0.15, -0.1) is 0 Å². The largest absolute Gasteiger partial charge is 0.491 e. The predicted octanol–water partition coefficient (Wildman–Crippen LogP) is 1.05. The minimum atomic E-state index is -0.641. The number of nitrogens with zero attached hydrogens (tertiary/aromatic N) is 1. The Kier molecular flexibility index (Phi) is 7.02. The highest BCUT2D eigenvalue weighted by Gasteiger charge is 2.10. The first-order valence-electron chi connectivity index (χ1n) is 6.73. The molecule has 1 aromatic carbocycles. The van der Waals surface area contributed by atoms with E-state index in [0.29, 0.717) is 24.3 Å². The highest BCUT2D eigenvalue weighted by Crippen LogP contribution is 2.12. The van der Waals surface area contributed by atoms with Gasteiger partial charge in [-0.3, -0.25) is 0 Å². The Balaban J connectivity index is 2.29. The molecule has 3 N–H and O–H groups in total. The zero-order valence-corrected chi connectivity index (χ0v) is 11.9. The molecule has 0 radical (unpaired) electrons. The van der Waals surface area contributed by atoms with Gasteiger partial charge in [0.05, 0.1) is 17.7 Å². The second-order valence-electron chi connectivity index (χ2n) is 5.00. The van der Waals surface area contributed by atoms with Gasteiger partial charge in [0, 0.05) is 12.6 Å². The molecule has 3 atom stereocenters. The van der Waals surface area contributed by atoms with Crippen molar-refractivity contribution < 1.29 is 14.9 Å². The van der Waals surface area contributed by atoms with Crippen LogP contribution in [-0.2, 0) is 0 Å². The molecule has 5 heteroatoms. The third kappa shape index (κ3) is 6.53. The number of nitrogens with one attached hydrogen (secondary N) is 1. The maximum atomic E-state index is 9.80. The number of aliphatic hydroxyl groups is 2. The summed E-state index contributed by atoms with van der Waals surface area (Å²) in [5.74, 6) is 0.570. The van der Waals surface area contributed by atoms with Crippen molar-refractivity contribution >= 4 is 0 Å². The van der Waals surface area contributed by atoms with Gasteiger partial charge in [0.1, 0.15) is 18.5 Å². The number of nitriles is 1. The van der Waals surface area contributed by atoms with E-state index in [4.69, 9.17) is 10.00 Å². The van der Waals surface area contributed by atoms with Gasteiger partial charge >= 0.3 is 0 Å². The second-order valence-corrected chi connectivity index (χ2v) is 5.00. The van der Waals surface area contributed by atoms with Crippen molar-refractivity contribution in [3.8, 4) is 11.8 Å². The number of aliphatic hydroxyl groups excluding tert-OH is 2. The molecule has 0 amide bonds. The molecule has 0 aliphatic rings. The Labute approximate surface area is 119 Å². The van der Waals surface area contributed by atoms with Crippen molar-refractivity contribution in [3.05, 3.63) is 29.8 Å². The monoisotopic (exact) mass is 278 g/mol. The molecule has 20 heavy (non-hydrogen) atoms. The molecule has 0 aliphatic carbocycles. The van der Waals surface area contributed by atoms with Crippen LogP contribution in [-0.4, -0.2) is 41.6 Å². The van der Waals surface area contributed by atoms with Gasteiger partial charge in [-0.05, 0) is 38.5 Å². The quantitative estimate of drug-likeness (QED) is 0.661. The van der Waals surface area contributed by atoms with E-state index < -0.39 is 6.10 Å². The van der Waals surface area contributed by atoms with Gasteiger partial charge in [0.2, 0.25) is 0 Å². The van der Waals surface area contributed by atoms with Gasteiger partial charge in [0.15, 0.2) is 0 Å². The molecular formula is C15H22N2O3. The molecule has 0 heterocycles. The van der Waals surface area contributed by atoms with Gasteiger partial charge in [-0.1, -0.05) is 6.07 Å². The van der Waals surface area contributed by atoms with E-state index in [1.807, 2.05) is 13.0 Å². The highest BCUT2D eigenvalue weighted by molar-refractivity contribution is 5.36. The Bertz CT molecular complexity index is 443. The standard InChI is InChI=1S/C15H22N2O3/c1-11(6-12(2)18)17-9-14(19)10-20-15-5-3-4-13(7-15)8-16/h3-5,7,11-12,14,17-19H,6,9-10H2,1-2H3. The first kappa shape index (κ1) is 16.4. The van der Waals surface area contributed by atoms with Gasteiger partial charge < -0.3 is 20.3 Å². The maximum absolute atomic E-state index is 9.80. The lowest BCUT2D eigenvalue weighted by Gasteiger charge is -2.18. The fraction of sp³-hybridized carbons (Fsp3) is 0.533. The normalized spacial score (nSPS) is 15.2. The van der Waals surface area contributed by atoms with E-state index in [9.17, 15) is 10.2 Å². The smallest absolute Gasteiger partial charge is 0.120 e. The fourth-order valence-corrected chi connectivity index (χ4v) is 1.84. The van der Waals surface area contributed by atoms with E-state index in [1.54, 1.807) is 31.2 Å². The molecule has 1 rings (SSSR count). The van der Waals surface area contributed by atoms with Gasteiger partial charge in [0.25, 0.3) is 0 Å². The molecule has 110 valence electrons. The molecule has 0 fully saturated rings. The predicted molar refractivity (Wildman–Crippen MR) is 76.4 cm³/mol. The first-order chi connectivity index (χ1) is 9.51. The van der Waals surface area contributed by atoms with Crippen LogP contribution in [0.1, 0.15) is 25.8 Å². The van der Waals surface area contributed by atoms with E-state index >= 15 is 0 Å². The summed E-state index contributed by atoms with van der Waals surface area (Å²) in [7, 11) is 0. The van der Waals surface area contributed by atoms with E-state index in [0.717, 1.165) is 0 Å². The highest BCUT2D eigenvalue weighted by atomic mass is 16.5. The molecule has 3 unspecified atom stereocenters. The van der Waals surface area contributed by atoms with Crippen molar-refractivity contribution in [1.29, 1.82) is 5.26 Å². The average Bonchev–Trinajstić information content (AvgIpc) is 2.42. The van der Waals surface area contributed by atoms with E-state index in [1.165, 1.54) is 0 Å².